The molecule has 3 heterocycles. The average Bonchev–Trinajstić information content (AvgIpc) is 3.14. The Morgan fingerprint density at radius 3 is 2.50 bits per heavy atom. The number of aryl methyl sites for hydroxylation is 1. The van der Waals surface area contributed by atoms with E-state index in [9.17, 15) is 0 Å². The smallest absolute Gasteiger partial charge is 0.205 e. The lowest BCUT2D eigenvalue weighted by Gasteiger charge is -2.34. The van der Waals surface area contributed by atoms with Crippen LogP contribution in [0.3, 0.4) is 0 Å². The van der Waals surface area contributed by atoms with E-state index < -0.39 is 0 Å². The summed E-state index contributed by atoms with van der Waals surface area (Å²) in [7, 11) is 0. The van der Waals surface area contributed by atoms with Crippen molar-refractivity contribution < 1.29 is 0 Å². The molecule has 1 aliphatic heterocycles. The van der Waals surface area contributed by atoms with Gasteiger partial charge in [-0.1, -0.05) is 30.3 Å². The zero-order valence-corrected chi connectivity index (χ0v) is 16.2. The number of piperazine rings is 1. The van der Waals surface area contributed by atoms with Crippen molar-refractivity contribution in [3.05, 3.63) is 54.1 Å². The van der Waals surface area contributed by atoms with Crippen molar-refractivity contribution in [2.45, 2.75) is 17.7 Å². The van der Waals surface area contributed by atoms with Gasteiger partial charge in [0.25, 0.3) is 0 Å². The molecule has 8 heteroatoms. The van der Waals surface area contributed by atoms with Crippen LogP contribution < -0.4 is 9.80 Å². The molecule has 26 heavy (non-hydrogen) atoms. The van der Waals surface area contributed by atoms with E-state index in [4.69, 9.17) is 4.98 Å². The molecule has 0 atom stereocenters. The maximum Gasteiger partial charge on any atom is 0.205 e. The van der Waals surface area contributed by atoms with Crippen molar-refractivity contribution in [1.29, 1.82) is 0 Å². The summed E-state index contributed by atoms with van der Waals surface area (Å²) >= 11 is 3.20. The molecule has 1 saturated heterocycles. The number of nitrogens with zero attached hydrogens (tertiary/aromatic N) is 6. The van der Waals surface area contributed by atoms with Gasteiger partial charge in [-0.15, -0.1) is 11.8 Å². The summed E-state index contributed by atoms with van der Waals surface area (Å²) in [5.74, 6) is 2.71. The van der Waals surface area contributed by atoms with E-state index in [0.29, 0.717) is 0 Å². The quantitative estimate of drug-likeness (QED) is 0.626. The topological polar surface area (TPSA) is 58.0 Å². The van der Waals surface area contributed by atoms with E-state index in [-0.39, 0.29) is 0 Å². The van der Waals surface area contributed by atoms with Crippen LogP contribution in [-0.2, 0) is 5.75 Å². The Labute approximate surface area is 161 Å². The monoisotopic (exact) mass is 384 g/mol. The number of benzene rings is 1. The predicted octanol–water partition coefficient (Wildman–Crippen LogP) is 3.26. The van der Waals surface area contributed by atoms with Crippen molar-refractivity contribution >= 4 is 34.2 Å². The van der Waals surface area contributed by atoms with Gasteiger partial charge in [0.1, 0.15) is 16.7 Å². The standard InChI is InChI=1S/C18H20N6S2/c1-14-20-18(26-22-14)24-9-7-23(8-10-24)16-11-19-12-17(21-16)25-13-15-5-3-2-4-6-15/h2-6,11-12H,7-10,13H2,1H3. The molecule has 0 N–H and O–H groups in total. The molecule has 2 aromatic heterocycles. The minimum absolute atomic E-state index is 0.849. The number of rotatable bonds is 5. The van der Waals surface area contributed by atoms with Crippen molar-refractivity contribution in [2.75, 3.05) is 36.0 Å². The first-order chi connectivity index (χ1) is 12.8. The van der Waals surface area contributed by atoms with Crippen LogP contribution in [0.25, 0.3) is 0 Å². The second-order valence-corrected chi connectivity index (χ2v) is 7.81. The van der Waals surface area contributed by atoms with E-state index in [2.05, 4.69) is 48.4 Å². The predicted molar refractivity (Wildman–Crippen MR) is 107 cm³/mol. The van der Waals surface area contributed by atoms with E-state index in [0.717, 1.165) is 53.7 Å². The third kappa shape index (κ3) is 4.13. The average molecular weight is 385 g/mol. The molecule has 134 valence electrons. The van der Waals surface area contributed by atoms with Crippen LogP contribution in [0, 0.1) is 6.92 Å². The second kappa shape index (κ2) is 8.01. The van der Waals surface area contributed by atoms with Gasteiger partial charge in [0.05, 0.1) is 12.4 Å². The van der Waals surface area contributed by atoms with Crippen LogP contribution in [0.4, 0.5) is 10.9 Å². The first kappa shape index (κ1) is 17.2. The Balaban J connectivity index is 1.36. The van der Waals surface area contributed by atoms with E-state index >= 15 is 0 Å². The molecule has 4 rings (SSSR count). The Bertz CT molecular complexity index is 846. The molecule has 6 nitrogen and oxygen atoms in total. The molecule has 3 aromatic rings. The fraction of sp³-hybridized carbons (Fsp3) is 0.333. The summed E-state index contributed by atoms with van der Waals surface area (Å²) in [4.78, 5) is 18.3. The molecule has 0 amide bonds. The Morgan fingerprint density at radius 2 is 1.77 bits per heavy atom. The zero-order chi connectivity index (χ0) is 17.8. The molecule has 1 aliphatic rings. The molecule has 0 aliphatic carbocycles. The van der Waals surface area contributed by atoms with E-state index in [1.54, 1.807) is 11.8 Å². The largest absolute Gasteiger partial charge is 0.352 e. The zero-order valence-electron chi connectivity index (χ0n) is 14.6. The summed E-state index contributed by atoms with van der Waals surface area (Å²) < 4.78 is 4.28. The van der Waals surface area contributed by atoms with Gasteiger partial charge in [0, 0.05) is 43.5 Å². The highest BCUT2D eigenvalue weighted by molar-refractivity contribution is 7.98. The van der Waals surface area contributed by atoms with Crippen LogP contribution in [-0.4, -0.2) is 45.5 Å². The van der Waals surface area contributed by atoms with Crippen molar-refractivity contribution in [2.24, 2.45) is 0 Å². The molecule has 0 spiro atoms. The van der Waals surface area contributed by atoms with Crippen molar-refractivity contribution in [3.63, 3.8) is 0 Å². The molecule has 1 aromatic carbocycles. The SMILES string of the molecule is Cc1nsc(N2CCN(c3cncc(SCc4ccccc4)n3)CC2)n1. The molecule has 0 saturated carbocycles. The van der Waals surface area contributed by atoms with Crippen LogP contribution >= 0.6 is 23.3 Å². The van der Waals surface area contributed by atoms with Crippen molar-refractivity contribution in [1.82, 2.24) is 19.3 Å². The highest BCUT2D eigenvalue weighted by Gasteiger charge is 2.21. The maximum atomic E-state index is 4.80. The Kier molecular flexibility index (Phi) is 5.31. The number of hydrogen-bond acceptors (Lipinski definition) is 8. The van der Waals surface area contributed by atoms with Gasteiger partial charge in [0.15, 0.2) is 0 Å². The third-order valence-corrected chi connectivity index (χ3v) is 6.06. The van der Waals surface area contributed by atoms with Gasteiger partial charge in [0.2, 0.25) is 5.13 Å². The number of anilines is 2. The maximum absolute atomic E-state index is 4.80. The van der Waals surface area contributed by atoms with Crippen LogP contribution in [0.15, 0.2) is 47.8 Å². The molecule has 1 fully saturated rings. The fourth-order valence-corrected chi connectivity index (χ4v) is 4.36. The summed E-state index contributed by atoms with van der Waals surface area (Å²) in [5, 5.41) is 1.98. The van der Waals surface area contributed by atoms with Gasteiger partial charge in [-0.3, -0.25) is 4.98 Å². The lowest BCUT2D eigenvalue weighted by atomic mass is 10.2. The highest BCUT2D eigenvalue weighted by atomic mass is 32.2. The molecule has 0 unspecified atom stereocenters. The fourth-order valence-electron chi connectivity index (χ4n) is 2.83. The summed E-state index contributed by atoms with van der Waals surface area (Å²) in [6.07, 6.45) is 3.70. The Hall–Kier alpha value is -2.19. The summed E-state index contributed by atoms with van der Waals surface area (Å²) in [6, 6.07) is 10.4. The summed E-state index contributed by atoms with van der Waals surface area (Å²) in [6.45, 7) is 5.63. The first-order valence-corrected chi connectivity index (χ1v) is 10.3. The van der Waals surface area contributed by atoms with Gasteiger partial charge in [-0.2, -0.15) is 4.37 Å². The van der Waals surface area contributed by atoms with Crippen molar-refractivity contribution in [3.8, 4) is 0 Å². The third-order valence-electron chi connectivity index (χ3n) is 4.22. The van der Waals surface area contributed by atoms with Crippen LogP contribution in [0.1, 0.15) is 11.4 Å². The molecular weight excluding hydrogens is 364 g/mol. The lowest BCUT2D eigenvalue weighted by Crippen LogP contribution is -2.46. The summed E-state index contributed by atoms with van der Waals surface area (Å²) in [5.41, 5.74) is 1.30. The number of hydrogen-bond donors (Lipinski definition) is 0. The van der Waals surface area contributed by atoms with Gasteiger partial charge >= 0.3 is 0 Å². The van der Waals surface area contributed by atoms with E-state index in [1.807, 2.05) is 25.4 Å². The number of aromatic nitrogens is 4. The first-order valence-electron chi connectivity index (χ1n) is 8.57. The molecule has 0 radical (unpaired) electrons. The van der Waals surface area contributed by atoms with E-state index in [1.165, 1.54) is 17.1 Å². The molecular formula is C18H20N6S2. The minimum atomic E-state index is 0.849. The minimum Gasteiger partial charge on any atom is -0.352 e. The van der Waals surface area contributed by atoms with Gasteiger partial charge in [-0.05, 0) is 12.5 Å². The number of thioether (sulfide) groups is 1. The second-order valence-electron chi connectivity index (χ2n) is 6.09. The normalized spacial score (nSPS) is 14.7. The molecule has 0 bridgehead atoms. The Morgan fingerprint density at radius 1 is 1.00 bits per heavy atom. The highest BCUT2D eigenvalue weighted by Crippen LogP contribution is 2.24. The lowest BCUT2D eigenvalue weighted by molar-refractivity contribution is 0.642. The van der Waals surface area contributed by atoms with Crippen LogP contribution in [0.2, 0.25) is 0 Å². The van der Waals surface area contributed by atoms with Gasteiger partial charge < -0.3 is 9.80 Å². The van der Waals surface area contributed by atoms with Gasteiger partial charge in [-0.25, -0.2) is 9.97 Å². The van der Waals surface area contributed by atoms with Crippen LogP contribution in [0.5, 0.6) is 0 Å².